The summed E-state index contributed by atoms with van der Waals surface area (Å²) >= 11 is 0. The SMILES string of the molecule is CCOc1ccc(OCC)c(NC(N)=NCCCNC(=O)c2occc2C)c1.I. The van der Waals surface area contributed by atoms with Crippen LogP contribution in [0.15, 0.2) is 39.9 Å². The minimum Gasteiger partial charge on any atom is -0.494 e. The van der Waals surface area contributed by atoms with Crippen molar-refractivity contribution in [3.8, 4) is 11.5 Å². The number of hydrogen-bond donors (Lipinski definition) is 3. The maximum absolute atomic E-state index is 11.9. The van der Waals surface area contributed by atoms with Crippen molar-refractivity contribution in [3.05, 3.63) is 41.9 Å². The molecule has 4 N–H and O–H groups in total. The Morgan fingerprint density at radius 2 is 1.97 bits per heavy atom. The number of guanidine groups is 1. The number of halogens is 1. The Morgan fingerprint density at radius 1 is 1.21 bits per heavy atom. The minimum atomic E-state index is -0.230. The van der Waals surface area contributed by atoms with Crippen LogP contribution in [0.5, 0.6) is 11.5 Å². The zero-order valence-electron chi connectivity index (χ0n) is 17.0. The molecule has 2 aromatic rings. The highest BCUT2D eigenvalue weighted by molar-refractivity contribution is 14.0. The molecule has 160 valence electrons. The number of amides is 1. The van der Waals surface area contributed by atoms with E-state index in [9.17, 15) is 4.79 Å². The number of nitrogens with zero attached hydrogens (tertiary/aromatic N) is 1. The molecule has 1 aromatic carbocycles. The van der Waals surface area contributed by atoms with Crippen molar-refractivity contribution in [2.24, 2.45) is 10.7 Å². The van der Waals surface area contributed by atoms with Gasteiger partial charge < -0.3 is 30.3 Å². The number of hydrogen-bond acceptors (Lipinski definition) is 5. The van der Waals surface area contributed by atoms with E-state index in [0.717, 1.165) is 11.3 Å². The van der Waals surface area contributed by atoms with Gasteiger partial charge in [0.25, 0.3) is 5.91 Å². The Kier molecular flexibility index (Phi) is 11.0. The van der Waals surface area contributed by atoms with E-state index in [-0.39, 0.29) is 35.8 Å². The van der Waals surface area contributed by atoms with Gasteiger partial charge in [-0.25, -0.2) is 0 Å². The van der Waals surface area contributed by atoms with Crippen molar-refractivity contribution in [1.29, 1.82) is 0 Å². The predicted molar refractivity (Wildman–Crippen MR) is 125 cm³/mol. The third-order valence-corrected chi connectivity index (χ3v) is 3.80. The number of aliphatic imine (C=N–C) groups is 1. The van der Waals surface area contributed by atoms with Gasteiger partial charge in [0.15, 0.2) is 11.7 Å². The summed E-state index contributed by atoms with van der Waals surface area (Å²) in [6.07, 6.45) is 2.14. The predicted octanol–water partition coefficient (Wildman–Crippen LogP) is 3.55. The molecule has 29 heavy (non-hydrogen) atoms. The van der Waals surface area contributed by atoms with Gasteiger partial charge in [-0.3, -0.25) is 9.79 Å². The molecule has 0 saturated carbocycles. The summed E-state index contributed by atoms with van der Waals surface area (Å²) in [5, 5.41) is 5.84. The molecule has 0 saturated heterocycles. The fourth-order valence-corrected chi connectivity index (χ4v) is 2.49. The molecule has 0 radical (unpaired) electrons. The lowest BCUT2D eigenvalue weighted by molar-refractivity contribution is 0.0925. The summed E-state index contributed by atoms with van der Waals surface area (Å²) in [4.78, 5) is 16.2. The van der Waals surface area contributed by atoms with Gasteiger partial charge in [0, 0.05) is 24.7 Å². The van der Waals surface area contributed by atoms with Crippen molar-refractivity contribution in [3.63, 3.8) is 0 Å². The van der Waals surface area contributed by atoms with Crippen LogP contribution in [0.2, 0.25) is 0 Å². The van der Waals surface area contributed by atoms with E-state index in [1.54, 1.807) is 6.07 Å². The largest absolute Gasteiger partial charge is 0.494 e. The van der Waals surface area contributed by atoms with Crippen LogP contribution in [0.1, 0.15) is 36.4 Å². The standard InChI is InChI=1S/C20H28N4O4.HI/c1-4-26-15-7-8-17(27-5-2)16(13-15)24-20(21)23-11-6-10-22-19(25)18-14(3)9-12-28-18;/h7-9,12-13H,4-6,10-11H2,1-3H3,(H,22,25)(H3,21,23,24);1H. The van der Waals surface area contributed by atoms with Gasteiger partial charge in [0.05, 0.1) is 25.2 Å². The number of ether oxygens (including phenoxy) is 2. The first-order valence-electron chi connectivity index (χ1n) is 9.34. The molecule has 2 rings (SSSR count). The average molecular weight is 516 g/mol. The Labute approximate surface area is 188 Å². The van der Waals surface area contributed by atoms with Gasteiger partial charge in [0.2, 0.25) is 0 Å². The summed E-state index contributed by atoms with van der Waals surface area (Å²) in [5.74, 6) is 1.76. The van der Waals surface area contributed by atoms with Gasteiger partial charge in [-0.1, -0.05) is 0 Å². The highest BCUT2D eigenvalue weighted by Crippen LogP contribution is 2.29. The topological polar surface area (TPSA) is 111 Å². The zero-order chi connectivity index (χ0) is 20.4. The van der Waals surface area contributed by atoms with Crippen molar-refractivity contribution < 1.29 is 18.7 Å². The maximum Gasteiger partial charge on any atom is 0.287 e. The second-order valence-corrected chi connectivity index (χ2v) is 5.96. The van der Waals surface area contributed by atoms with Gasteiger partial charge in [-0.15, -0.1) is 24.0 Å². The van der Waals surface area contributed by atoms with E-state index < -0.39 is 0 Å². The molecule has 0 aliphatic heterocycles. The summed E-state index contributed by atoms with van der Waals surface area (Å²) in [6, 6.07) is 7.25. The van der Waals surface area contributed by atoms with Crippen LogP contribution < -0.4 is 25.8 Å². The highest BCUT2D eigenvalue weighted by Gasteiger charge is 2.11. The average Bonchev–Trinajstić information content (AvgIpc) is 3.10. The fraction of sp³-hybridized carbons (Fsp3) is 0.400. The van der Waals surface area contributed by atoms with Gasteiger partial charge >= 0.3 is 0 Å². The van der Waals surface area contributed by atoms with Crippen molar-refractivity contribution in [1.82, 2.24) is 5.32 Å². The first-order valence-corrected chi connectivity index (χ1v) is 9.34. The normalized spacial score (nSPS) is 10.8. The van der Waals surface area contributed by atoms with Crippen molar-refractivity contribution >= 4 is 41.5 Å². The molecule has 8 nitrogen and oxygen atoms in total. The number of anilines is 1. The van der Waals surface area contributed by atoms with Gasteiger partial charge in [-0.05, 0) is 45.4 Å². The van der Waals surface area contributed by atoms with Gasteiger partial charge in [0.1, 0.15) is 11.5 Å². The quantitative estimate of drug-likeness (QED) is 0.193. The van der Waals surface area contributed by atoms with E-state index in [2.05, 4.69) is 15.6 Å². The minimum absolute atomic E-state index is 0. The number of furan rings is 1. The summed E-state index contributed by atoms with van der Waals surface area (Å²) in [5.41, 5.74) is 7.47. The van der Waals surface area contributed by atoms with Crippen LogP contribution in [0.4, 0.5) is 5.69 Å². The number of benzene rings is 1. The lowest BCUT2D eigenvalue weighted by Crippen LogP contribution is -2.26. The number of carbonyl (C=O) groups excluding carboxylic acids is 1. The molecule has 0 aliphatic carbocycles. The van der Waals surface area contributed by atoms with Crippen molar-refractivity contribution in [2.75, 3.05) is 31.6 Å². The number of carbonyl (C=O) groups is 1. The second-order valence-electron chi connectivity index (χ2n) is 5.96. The smallest absolute Gasteiger partial charge is 0.287 e. The summed E-state index contributed by atoms with van der Waals surface area (Å²) in [6.45, 7) is 7.70. The number of nitrogens with two attached hydrogens (primary N) is 1. The first kappa shape index (κ1) is 24.6. The second kappa shape index (κ2) is 12.9. The highest BCUT2D eigenvalue weighted by atomic mass is 127. The molecular weight excluding hydrogens is 487 g/mol. The fourth-order valence-electron chi connectivity index (χ4n) is 2.49. The molecule has 9 heteroatoms. The Bertz CT molecular complexity index is 808. The third kappa shape index (κ3) is 7.84. The summed E-state index contributed by atoms with van der Waals surface area (Å²) in [7, 11) is 0. The first-order chi connectivity index (χ1) is 13.5. The van der Waals surface area contributed by atoms with Crippen LogP contribution >= 0.6 is 24.0 Å². The molecular formula is C20H29IN4O4. The zero-order valence-corrected chi connectivity index (χ0v) is 19.3. The Morgan fingerprint density at radius 3 is 2.62 bits per heavy atom. The Hall–Kier alpha value is -2.43. The molecule has 0 aliphatic rings. The van der Waals surface area contributed by atoms with E-state index >= 15 is 0 Å². The van der Waals surface area contributed by atoms with E-state index in [1.807, 2.05) is 39.0 Å². The van der Waals surface area contributed by atoms with Crippen LogP contribution in [0, 0.1) is 6.92 Å². The number of nitrogens with one attached hydrogen (secondary N) is 2. The number of aryl methyl sites for hydroxylation is 1. The third-order valence-electron chi connectivity index (χ3n) is 3.80. The van der Waals surface area contributed by atoms with E-state index in [0.29, 0.717) is 49.9 Å². The molecule has 1 amide bonds. The van der Waals surface area contributed by atoms with Crippen LogP contribution in [-0.2, 0) is 0 Å². The molecule has 1 heterocycles. The molecule has 0 unspecified atom stereocenters. The molecule has 0 fully saturated rings. The lowest BCUT2D eigenvalue weighted by Gasteiger charge is -2.14. The van der Waals surface area contributed by atoms with E-state index in [1.165, 1.54) is 6.26 Å². The molecule has 0 bridgehead atoms. The monoisotopic (exact) mass is 516 g/mol. The summed E-state index contributed by atoms with van der Waals surface area (Å²) < 4.78 is 16.3. The van der Waals surface area contributed by atoms with Crippen LogP contribution in [0.3, 0.4) is 0 Å². The lowest BCUT2D eigenvalue weighted by atomic mass is 10.2. The van der Waals surface area contributed by atoms with Gasteiger partial charge in [-0.2, -0.15) is 0 Å². The van der Waals surface area contributed by atoms with Crippen molar-refractivity contribution in [2.45, 2.75) is 27.2 Å². The molecule has 0 atom stereocenters. The molecule has 0 spiro atoms. The van der Waals surface area contributed by atoms with Crippen LogP contribution in [0.25, 0.3) is 0 Å². The van der Waals surface area contributed by atoms with Crippen LogP contribution in [-0.4, -0.2) is 38.2 Å². The van der Waals surface area contributed by atoms with E-state index in [4.69, 9.17) is 19.6 Å². The maximum atomic E-state index is 11.9. The Balaban J connectivity index is 0.00000420. The molecule has 1 aromatic heterocycles. The number of rotatable bonds is 10.